The van der Waals surface area contributed by atoms with Gasteiger partial charge in [0.25, 0.3) is 0 Å². The largest absolute Gasteiger partial charge is 0.369 e. The zero-order valence-corrected chi connectivity index (χ0v) is 17.1. The van der Waals surface area contributed by atoms with Crippen LogP contribution in [0.2, 0.25) is 20.1 Å². The van der Waals surface area contributed by atoms with E-state index >= 15 is 0 Å². The lowest BCUT2D eigenvalue weighted by Crippen LogP contribution is -2.33. The Morgan fingerprint density at radius 1 is 0.926 bits per heavy atom. The second-order valence-electron chi connectivity index (χ2n) is 6.12. The highest BCUT2D eigenvalue weighted by Gasteiger charge is 2.18. The van der Waals surface area contributed by atoms with Gasteiger partial charge in [-0.1, -0.05) is 82.8 Å². The van der Waals surface area contributed by atoms with Crippen molar-refractivity contribution in [2.75, 3.05) is 11.9 Å². The fourth-order valence-electron chi connectivity index (χ4n) is 3.17. The molecular weight excluding hydrogens is 424 g/mol. The maximum absolute atomic E-state index is 6.26. The zero-order chi connectivity index (χ0) is 19.3. The number of rotatable bonds is 2. The summed E-state index contributed by atoms with van der Waals surface area (Å²) in [5.41, 5.74) is 9.78. The van der Waals surface area contributed by atoms with Crippen LogP contribution in [0.1, 0.15) is 11.1 Å². The molecule has 2 N–H and O–H groups in total. The van der Waals surface area contributed by atoms with Crippen LogP contribution in [0.4, 0.5) is 11.4 Å². The highest BCUT2D eigenvalue weighted by atomic mass is 35.5. The van der Waals surface area contributed by atoms with E-state index in [0.29, 0.717) is 0 Å². The van der Waals surface area contributed by atoms with Crippen molar-refractivity contribution in [1.82, 2.24) is 0 Å². The Bertz CT molecular complexity index is 1110. The Kier molecular flexibility index (Phi) is 4.73. The van der Waals surface area contributed by atoms with Crippen LogP contribution in [-0.4, -0.2) is 13.0 Å². The Hall–Kier alpha value is -1.91. The molecule has 0 aromatic heterocycles. The lowest BCUT2D eigenvalue weighted by atomic mass is 10.0. The van der Waals surface area contributed by atoms with Crippen LogP contribution in [0.15, 0.2) is 41.4 Å². The van der Waals surface area contributed by atoms with Crippen LogP contribution >= 0.6 is 46.4 Å². The fourth-order valence-corrected chi connectivity index (χ4v) is 4.05. The van der Waals surface area contributed by atoms with E-state index in [2.05, 4.69) is 35.3 Å². The molecule has 0 bridgehead atoms. The second-order valence-corrected chi connectivity index (χ2v) is 7.69. The van der Waals surface area contributed by atoms with Gasteiger partial charge >= 0.3 is 0 Å². The summed E-state index contributed by atoms with van der Waals surface area (Å²) in [5, 5.41) is 3.20. The molecule has 0 saturated heterocycles. The number of halogens is 4. The molecule has 0 amide bonds. The van der Waals surface area contributed by atoms with Crippen LogP contribution in [0.25, 0.3) is 22.9 Å². The van der Waals surface area contributed by atoms with Gasteiger partial charge in [0.1, 0.15) is 5.69 Å². The van der Waals surface area contributed by atoms with E-state index in [1.165, 1.54) is 22.6 Å². The minimum absolute atomic E-state index is 0.201. The summed E-state index contributed by atoms with van der Waals surface area (Å²) >= 11 is 24.7. The number of anilines is 1. The Morgan fingerprint density at radius 3 is 2.22 bits per heavy atom. The normalized spacial score (nSPS) is 12.9. The molecule has 1 aliphatic carbocycles. The minimum atomic E-state index is 0.201. The van der Waals surface area contributed by atoms with E-state index in [9.17, 15) is 0 Å². The quantitative estimate of drug-likeness (QED) is 0.208. The standard InChI is InChI=1S/C20H13Cl4N3/c1-27(20(25)26-19-17(23)13(21)9-14(22)18(19)24)15-8-7-11-6-5-10-3-2-4-12(15)16(10)11/h2-9H,1H3,(H2,25,26). The maximum Gasteiger partial charge on any atom is 0.200 e. The Labute approximate surface area is 176 Å². The molecule has 0 heterocycles. The summed E-state index contributed by atoms with van der Waals surface area (Å²) in [4.78, 5) is 6.18. The number of nitrogens with two attached hydrogens (primary N) is 1. The number of aliphatic imine (C=N–C) groups is 1. The summed E-state index contributed by atoms with van der Waals surface area (Å²) in [6, 6.07) is 11.7. The van der Waals surface area contributed by atoms with E-state index in [-0.39, 0.29) is 31.7 Å². The van der Waals surface area contributed by atoms with E-state index in [1.807, 2.05) is 19.2 Å². The molecule has 7 heteroatoms. The highest BCUT2D eigenvalue weighted by molar-refractivity contribution is 6.50. The summed E-state index contributed by atoms with van der Waals surface area (Å²) in [6.07, 6.45) is 4.21. The summed E-state index contributed by atoms with van der Waals surface area (Å²) < 4.78 is 0. The van der Waals surface area contributed by atoms with Crippen molar-refractivity contribution in [3.05, 3.63) is 67.6 Å². The first-order valence-corrected chi connectivity index (χ1v) is 9.54. The number of guanidine groups is 1. The van der Waals surface area contributed by atoms with Crippen LogP contribution in [0.5, 0.6) is 0 Å². The third-order valence-electron chi connectivity index (χ3n) is 4.54. The van der Waals surface area contributed by atoms with Gasteiger partial charge in [-0.25, -0.2) is 4.99 Å². The zero-order valence-electron chi connectivity index (χ0n) is 14.1. The van der Waals surface area contributed by atoms with E-state index in [0.717, 1.165) is 11.1 Å². The molecule has 0 radical (unpaired) electrons. The molecule has 0 fully saturated rings. The van der Waals surface area contributed by atoms with Crippen LogP contribution < -0.4 is 10.6 Å². The topological polar surface area (TPSA) is 41.6 Å². The van der Waals surface area contributed by atoms with Gasteiger partial charge in [-0.15, -0.1) is 0 Å². The number of benzene rings is 3. The van der Waals surface area contributed by atoms with E-state index in [1.54, 1.807) is 4.90 Å². The maximum atomic E-state index is 6.26. The minimum Gasteiger partial charge on any atom is -0.369 e. The van der Waals surface area contributed by atoms with Gasteiger partial charge in [0, 0.05) is 12.4 Å². The van der Waals surface area contributed by atoms with E-state index in [4.69, 9.17) is 52.1 Å². The van der Waals surface area contributed by atoms with Crippen molar-refractivity contribution in [1.29, 1.82) is 0 Å². The molecule has 0 aliphatic heterocycles. The molecular formula is C20H13Cl4N3. The summed E-state index contributed by atoms with van der Waals surface area (Å²) in [5.74, 6) is 0.212. The SMILES string of the molecule is CN(C(N)=Nc1c(Cl)c(Cl)cc(Cl)c1Cl)c1ccc2c3c(cccc13)C=C2. The summed E-state index contributed by atoms with van der Waals surface area (Å²) in [6.45, 7) is 0. The fraction of sp³-hybridized carbons (Fsp3) is 0.0500. The van der Waals surface area contributed by atoms with Crippen molar-refractivity contribution < 1.29 is 0 Å². The summed E-state index contributed by atoms with van der Waals surface area (Å²) in [7, 11) is 1.83. The number of hydrogen-bond donors (Lipinski definition) is 1. The van der Waals surface area contributed by atoms with Gasteiger partial charge in [0.2, 0.25) is 5.96 Å². The van der Waals surface area contributed by atoms with Gasteiger partial charge in [-0.2, -0.15) is 0 Å². The first-order valence-electron chi connectivity index (χ1n) is 8.03. The Morgan fingerprint density at radius 2 is 1.56 bits per heavy atom. The van der Waals surface area contributed by atoms with Crippen molar-refractivity contribution >= 4 is 86.7 Å². The average molecular weight is 437 g/mol. The molecule has 0 spiro atoms. The Balaban J connectivity index is 1.83. The van der Waals surface area contributed by atoms with Gasteiger partial charge in [-0.3, -0.25) is 0 Å². The first-order chi connectivity index (χ1) is 12.9. The molecule has 3 aromatic carbocycles. The molecule has 27 heavy (non-hydrogen) atoms. The smallest absolute Gasteiger partial charge is 0.200 e. The van der Waals surface area contributed by atoms with Gasteiger partial charge in [0.05, 0.1) is 25.8 Å². The first kappa shape index (κ1) is 18.5. The van der Waals surface area contributed by atoms with Crippen molar-refractivity contribution in [2.45, 2.75) is 0 Å². The highest BCUT2D eigenvalue weighted by Crippen LogP contribution is 2.43. The van der Waals surface area contributed by atoms with E-state index < -0.39 is 0 Å². The molecule has 3 aromatic rings. The number of nitrogens with zero attached hydrogens (tertiary/aromatic N) is 2. The third-order valence-corrected chi connectivity index (χ3v) is 6.10. The van der Waals surface area contributed by atoms with Crippen LogP contribution in [-0.2, 0) is 0 Å². The molecule has 3 nitrogen and oxygen atoms in total. The third kappa shape index (κ3) is 3.05. The van der Waals surface area contributed by atoms with Crippen LogP contribution in [0.3, 0.4) is 0 Å². The molecule has 1 aliphatic rings. The molecule has 0 saturated carbocycles. The lowest BCUT2D eigenvalue weighted by molar-refractivity contribution is 1.23. The van der Waals surface area contributed by atoms with Crippen molar-refractivity contribution in [3.63, 3.8) is 0 Å². The predicted octanol–water partition coefficient (Wildman–Crippen LogP) is 7.02. The monoisotopic (exact) mass is 435 g/mol. The van der Waals surface area contributed by atoms with Gasteiger partial charge in [0.15, 0.2) is 0 Å². The molecule has 136 valence electrons. The molecule has 4 rings (SSSR count). The second kappa shape index (κ2) is 6.92. The lowest BCUT2D eigenvalue weighted by Gasteiger charge is -2.21. The molecule has 0 unspecified atom stereocenters. The van der Waals surface area contributed by atoms with Crippen molar-refractivity contribution in [3.8, 4) is 0 Å². The predicted molar refractivity (Wildman–Crippen MR) is 119 cm³/mol. The molecule has 0 atom stereocenters. The average Bonchev–Trinajstić information content (AvgIpc) is 3.08. The van der Waals surface area contributed by atoms with Crippen LogP contribution in [0, 0.1) is 0 Å². The van der Waals surface area contributed by atoms with Crippen molar-refractivity contribution in [2.24, 2.45) is 10.7 Å². The van der Waals surface area contributed by atoms with Gasteiger partial charge < -0.3 is 10.6 Å². The number of hydrogen-bond acceptors (Lipinski definition) is 1. The van der Waals surface area contributed by atoms with Gasteiger partial charge in [-0.05, 0) is 28.6 Å².